The number of nitrogens with zero attached hydrogens (tertiary/aromatic N) is 4. The molecule has 9 heteroatoms. The largest absolute Gasteiger partial charge is 0.377 e. The molecule has 0 fully saturated rings. The lowest BCUT2D eigenvalue weighted by atomic mass is 10.1. The number of hydrogen-bond acceptors (Lipinski definition) is 7. The minimum absolute atomic E-state index is 0.0156. The lowest BCUT2D eigenvalue weighted by Gasteiger charge is -2.14. The maximum atomic E-state index is 10.9. The fraction of sp³-hybridized carbons (Fsp3) is 0.133. The van der Waals surface area contributed by atoms with E-state index in [0.717, 1.165) is 5.69 Å². The molecule has 2 rings (SSSR count). The molecule has 2 aromatic rings. The molecular weight excluding hydrogens is 314 g/mol. The molecular formula is C15H15N5O4. The summed E-state index contributed by atoms with van der Waals surface area (Å²) in [4.78, 5) is 22.3. The molecule has 0 aromatic heterocycles. The minimum Gasteiger partial charge on any atom is -0.377 e. The van der Waals surface area contributed by atoms with Crippen molar-refractivity contribution < 1.29 is 9.85 Å². The van der Waals surface area contributed by atoms with Gasteiger partial charge >= 0.3 is 0 Å². The minimum atomic E-state index is -0.487. The zero-order valence-electron chi connectivity index (χ0n) is 13.0. The van der Waals surface area contributed by atoms with E-state index in [9.17, 15) is 20.2 Å². The van der Waals surface area contributed by atoms with E-state index in [1.54, 1.807) is 6.07 Å². The van der Waals surface area contributed by atoms with E-state index < -0.39 is 9.85 Å². The lowest BCUT2D eigenvalue weighted by molar-refractivity contribution is -0.385. The van der Waals surface area contributed by atoms with Gasteiger partial charge in [-0.1, -0.05) is 0 Å². The van der Waals surface area contributed by atoms with Crippen LogP contribution in [-0.4, -0.2) is 30.2 Å². The second-order valence-electron chi connectivity index (χ2n) is 5.07. The molecule has 0 atom stereocenters. The molecule has 0 aliphatic rings. The van der Waals surface area contributed by atoms with Crippen molar-refractivity contribution >= 4 is 29.0 Å². The Kier molecular flexibility index (Phi) is 5.05. The van der Waals surface area contributed by atoms with Crippen LogP contribution in [0.5, 0.6) is 0 Å². The van der Waals surface area contributed by atoms with Crippen LogP contribution in [0, 0.1) is 20.2 Å². The molecule has 0 saturated carbocycles. The Morgan fingerprint density at radius 3 is 2.12 bits per heavy atom. The number of anilines is 2. The van der Waals surface area contributed by atoms with E-state index in [2.05, 4.69) is 10.5 Å². The van der Waals surface area contributed by atoms with Gasteiger partial charge in [-0.25, -0.2) is 0 Å². The van der Waals surface area contributed by atoms with Gasteiger partial charge < -0.3 is 4.90 Å². The van der Waals surface area contributed by atoms with Crippen LogP contribution in [-0.2, 0) is 0 Å². The van der Waals surface area contributed by atoms with Crippen molar-refractivity contribution in [2.24, 2.45) is 5.10 Å². The van der Waals surface area contributed by atoms with Gasteiger partial charge in [-0.05, 0) is 18.2 Å². The second-order valence-corrected chi connectivity index (χ2v) is 5.07. The van der Waals surface area contributed by atoms with Crippen molar-refractivity contribution in [1.29, 1.82) is 0 Å². The topological polar surface area (TPSA) is 114 Å². The zero-order chi connectivity index (χ0) is 17.7. The highest BCUT2D eigenvalue weighted by Crippen LogP contribution is 2.23. The standard InChI is InChI=1S/C15H15N5O4/c1-18(2)15-8-7-14(20(23)24)9-11(15)10-16-17-12-3-5-13(6-4-12)19(21)22/h3-10,17H,1-2H3/b16-10-. The van der Waals surface area contributed by atoms with Crippen LogP contribution in [0.3, 0.4) is 0 Å². The van der Waals surface area contributed by atoms with Gasteiger partial charge in [0, 0.05) is 49.6 Å². The molecule has 124 valence electrons. The number of hydrazone groups is 1. The Balaban J connectivity index is 2.19. The van der Waals surface area contributed by atoms with Crippen molar-refractivity contribution in [2.75, 3.05) is 24.4 Å². The number of benzene rings is 2. The summed E-state index contributed by atoms with van der Waals surface area (Å²) < 4.78 is 0. The number of rotatable bonds is 6. The van der Waals surface area contributed by atoms with E-state index in [4.69, 9.17) is 0 Å². The first-order chi connectivity index (χ1) is 11.4. The van der Waals surface area contributed by atoms with Crippen LogP contribution in [0.2, 0.25) is 0 Å². The number of nitrogens with one attached hydrogen (secondary N) is 1. The summed E-state index contributed by atoms with van der Waals surface area (Å²) in [5.74, 6) is 0. The molecule has 0 bridgehead atoms. The molecule has 0 aliphatic carbocycles. The van der Waals surface area contributed by atoms with Gasteiger partial charge in [0.15, 0.2) is 0 Å². The SMILES string of the molecule is CN(C)c1ccc([N+](=O)[O-])cc1/C=N\Nc1ccc([N+](=O)[O-])cc1. The monoisotopic (exact) mass is 329 g/mol. The molecule has 0 saturated heterocycles. The van der Waals surface area contributed by atoms with Gasteiger partial charge in [0.1, 0.15) is 0 Å². The van der Waals surface area contributed by atoms with Gasteiger partial charge in [0.05, 0.1) is 21.7 Å². The van der Waals surface area contributed by atoms with Crippen LogP contribution < -0.4 is 10.3 Å². The number of nitro benzene ring substituents is 2. The molecule has 0 heterocycles. The molecule has 0 unspecified atom stereocenters. The summed E-state index contributed by atoms with van der Waals surface area (Å²) in [5, 5.41) is 25.5. The first-order valence-corrected chi connectivity index (χ1v) is 6.88. The molecule has 9 nitrogen and oxygen atoms in total. The maximum absolute atomic E-state index is 10.9. The molecule has 1 N–H and O–H groups in total. The van der Waals surface area contributed by atoms with Gasteiger partial charge in [0.25, 0.3) is 11.4 Å². The predicted octanol–water partition coefficient (Wildman–Crippen LogP) is 3.02. The number of hydrogen-bond donors (Lipinski definition) is 1. The summed E-state index contributed by atoms with van der Waals surface area (Å²) in [5.41, 5.74) is 4.60. The van der Waals surface area contributed by atoms with Crippen molar-refractivity contribution in [3.8, 4) is 0 Å². The average Bonchev–Trinajstić information content (AvgIpc) is 2.55. The first-order valence-electron chi connectivity index (χ1n) is 6.88. The molecule has 0 radical (unpaired) electrons. The summed E-state index contributed by atoms with van der Waals surface area (Å²) in [6, 6.07) is 10.3. The fourth-order valence-corrected chi connectivity index (χ4v) is 2.00. The molecule has 0 amide bonds. The highest BCUT2D eigenvalue weighted by molar-refractivity contribution is 5.89. The number of nitro groups is 2. The van der Waals surface area contributed by atoms with Crippen molar-refractivity contribution in [3.63, 3.8) is 0 Å². The lowest BCUT2D eigenvalue weighted by Crippen LogP contribution is -2.11. The van der Waals surface area contributed by atoms with E-state index in [0.29, 0.717) is 11.3 Å². The molecule has 0 aliphatic heterocycles. The third-order valence-electron chi connectivity index (χ3n) is 3.18. The Morgan fingerprint density at radius 1 is 1.00 bits per heavy atom. The smallest absolute Gasteiger partial charge is 0.270 e. The highest BCUT2D eigenvalue weighted by atomic mass is 16.6. The molecule has 24 heavy (non-hydrogen) atoms. The first kappa shape index (κ1) is 16.9. The summed E-state index contributed by atoms with van der Waals surface area (Å²) in [6.07, 6.45) is 1.46. The third-order valence-corrected chi connectivity index (χ3v) is 3.18. The summed E-state index contributed by atoms with van der Waals surface area (Å²) >= 11 is 0. The van der Waals surface area contributed by atoms with E-state index in [1.165, 1.54) is 42.6 Å². The highest BCUT2D eigenvalue weighted by Gasteiger charge is 2.10. The van der Waals surface area contributed by atoms with Gasteiger partial charge in [0.2, 0.25) is 0 Å². The zero-order valence-corrected chi connectivity index (χ0v) is 13.0. The van der Waals surface area contributed by atoms with E-state index in [1.807, 2.05) is 19.0 Å². The van der Waals surface area contributed by atoms with E-state index >= 15 is 0 Å². The summed E-state index contributed by atoms with van der Waals surface area (Å²) in [6.45, 7) is 0. The molecule has 2 aromatic carbocycles. The molecule has 0 spiro atoms. The van der Waals surface area contributed by atoms with Crippen LogP contribution in [0.15, 0.2) is 47.6 Å². The van der Waals surface area contributed by atoms with Gasteiger partial charge in [-0.3, -0.25) is 25.7 Å². The van der Waals surface area contributed by atoms with Crippen molar-refractivity contribution in [2.45, 2.75) is 0 Å². The Bertz CT molecular complexity index is 787. The van der Waals surface area contributed by atoms with E-state index in [-0.39, 0.29) is 11.4 Å². The quantitative estimate of drug-likeness (QED) is 0.495. The van der Waals surface area contributed by atoms with Crippen molar-refractivity contribution in [1.82, 2.24) is 0 Å². The Hall–Kier alpha value is -3.49. The van der Waals surface area contributed by atoms with Crippen molar-refractivity contribution in [3.05, 3.63) is 68.3 Å². The number of non-ortho nitro benzene ring substituents is 2. The fourth-order valence-electron chi connectivity index (χ4n) is 2.00. The van der Waals surface area contributed by atoms with Gasteiger partial charge in [-0.15, -0.1) is 0 Å². The van der Waals surface area contributed by atoms with Crippen LogP contribution in [0.25, 0.3) is 0 Å². The Labute approximate surface area is 137 Å². The second kappa shape index (κ2) is 7.18. The van der Waals surface area contributed by atoms with Crippen LogP contribution >= 0.6 is 0 Å². The normalized spacial score (nSPS) is 10.6. The average molecular weight is 329 g/mol. The van der Waals surface area contributed by atoms with Gasteiger partial charge in [-0.2, -0.15) is 5.10 Å². The Morgan fingerprint density at radius 2 is 1.58 bits per heavy atom. The third kappa shape index (κ3) is 4.03. The maximum Gasteiger partial charge on any atom is 0.270 e. The van der Waals surface area contributed by atoms with Crippen LogP contribution in [0.1, 0.15) is 5.56 Å². The van der Waals surface area contributed by atoms with Crippen LogP contribution in [0.4, 0.5) is 22.7 Å². The summed E-state index contributed by atoms with van der Waals surface area (Å²) in [7, 11) is 3.64. The predicted molar refractivity (Wildman–Crippen MR) is 91.7 cm³/mol.